The summed E-state index contributed by atoms with van der Waals surface area (Å²) in [5.41, 5.74) is 1.29. The number of aromatic amines is 2. The maximum Gasteiger partial charge on any atom is 0.340 e. The van der Waals surface area contributed by atoms with Crippen molar-refractivity contribution >= 4 is 5.69 Å². The molecule has 0 saturated heterocycles. The van der Waals surface area contributed by atoms with Crippen LogP contribution >= 0.6 is 0 Å². The zero-order valence-electron chi connectivity index (χ0n) is 10.2. The molecule has 1 heterocycles. The average Bonchev–Trinajstić information content (AvgIpc) is 2.76. The van der Waals surface area contributed by atoms with Crippen LogP contribution in [0.25, 0.3) is 0 Å². The van der Waals surface area contributed by atoms with E-state index in [-0.39, 0.29) is 11.4 Å². The number of phenols is 1. The number of phenolic OH excluding ortho intramolecular Hbond substituents is 1. The molecule has 0 aliphatic heterocycles. The van der Waals surface area contributed by atoms with E-state index in [0.29, 0.717) is 18.8 Å². The molecule has 0 unspecified atom stereocenters. The Kier molecular flexibility index (Phi) is 3.66. The second-order valence-electron chi connectivity index (χ2n) is 4.13. The van der Waals surface area contributed by atoms with E-state index in [1.54, 1.807) is 0 Å². The molecule has 0 fully saturated rings. The highest BCUT2D eigenvalue weighted by Gasteiger charge is 2.03. The van der Waals surface area contributed by atoms with Crippen molar-refractivity contribution < 1.29 is 5.11 Å². The van der Waals surface area contributed by atoms with Gasteiger partial charge in [0.05, 0.1) is 5.69 Å². The van der Waals surface area contributed by atoms with Crippen molar-refractivity contribution in [1.29, 1.82) is 0 Å². The van der Waals surface area contributed by atoms with Gasteiger partial charge in [-0.15, -0.1) is 0 Å². The Morgan fingerprint density at radius 1 is 1.44 bits per heavy atom. The molecule has 0 amide bonds. The Morgan fingerprint density at radius 3 is 3.00 bits per heavy atom. The second kappa shape index (κ2) is 5.39. The number of H-pyrrole nitrogens is 2. The van der Waals surface area contributed by atoms with Gasteiger partial charge < -0.3 is 10.4 Å². The third-order valence-electron chi connectivity index (χ3n) is 2.69. The fourth-order valence-electron chi connectivity index (χ4n) is 1.70. The summed E-state index contributed by atoms with van der Waals surface area (Å²) in [5, 5.41) is 19.1. The van der Waals surface area contributed by atoms with E-state index in [9.17, 15) is 9.90 Å². The third-order valence-corrected chi connectivity index (χ3v) is 2.69. The number of hydrogen-bond acceptors (Lipinski definition) is 4. The van der Waals surface area contributed by atoms with Crippen molar-refractivity contribution in [3.8, 4) is 5.75 Å². The van der Waals surface area contributed by atoms with Crippen LogP contribution < -0.4 is 11.0 Å². The molecule has 2 rings (SSSR count). The lowest BCUT2D eigenvalue weighted by molar-refractivity contribution is 0.473. The molecule has 0 atom stereocenters. The highest BCUT2D eigenvalue weighted by molar-refractivity contribution is 5.58. The Labute approximate surface area is 104 Å². The first-order chi connectivity index (χ1) is 8.66. The van der Waals surface area contributed by atoms with Crippen LogP contribution in [0.15, 0.2) is 23.0 Å². The minimum Gasteiger partial charge on any atom is -0.506 e. The van der Waals surface area contributed by atoms with Gasteiger partial charge in [-0.1, -0.05) is 12.1 Å². The SMILES string of the molecule is Cc1cccc(NCCCc2n[nH]c(=O)[nH]2)c1O. The minimum absolute atomic E-state index is 0.283. The van der Waals surface area contributed by atoms with Gasteiger partial charge in [0.15, 0.2) is 0 Å². The highest BCUT2D eigenvalue weighted by Crippen LogP contribution is 2.26. The van der Waals surface area contributed by atoms with E-state index in [4.69, 9.17) is 0 Å². The smallest absolute Gasteiger partial charge is 0.340 e. The van der Waals surface area contributed by atoms with Crippen LogP contribution in [-0.4, -0.2) is 26.8 Å². The van der Waals surface area contributed by atoms with Crippen LogP contribution in [0, 0.1) is 6.92 Å². The molecular formula is C12H16N4O2. The van der Waals surface area contributed by atoms with Crippen LogP contribution in [0.4, 0.5) is 5.69 Å². The molecule has 6 heteroatoms. The Balaban J connectivity index is 1.82. The molecule has 1 aromatic heterocycles. The van der Waals surface area contributed by atoms with Gasteiger partial charge in [0.1, 0.15) is 11.6 Å². The molecule has 96 valence electrons. The number of hydrogen-bond donors (Lipinski definition) is 4. The summed E-state index contributed by atoms with van der Waals surface area (Å²) in [4.78, 5) is 13.4. The van der Waals surface area contributed by atoms with Crippen LogP contribution in [-0.2, 0) is 6.42 Å². The summed E-state index contributed by atoms with van der Waals surface area (Å²) in [5.74, 6) is 0.931. The van der Waals surface area contributed by atoms with E-state index in [1.165, 1.54) is 0 Å². The number of anilines is 1. The maximum atomic E-state index is 10.8. The van der Waals surface area contributed by atoms with E-state index in [0.717, 1.165) is 17.7 Å². The topological polar surface area (TPSA) is 93.8 Å². The average molecular weight is 248 g/mol. The molecule has 0 aliphatic carbocycles. The predicted octanol–water partition coefficient (Wildman–Crippen LogP) is 1.16. The molecule has 0 radical (unpaired) electrons. The van der Waals surface area contributed by atoms with Crippen LogP contribution in [0.2, 0.25) is 0 Å². The van der Waals surface area contributed by atoms with Crippen molar-refractivity contribution in [2.24, 2.45) is 0 Å². The molecular weight excluding hydrogens is 232 g/mol. The zero-order chi connectivity index (χ0) is 13.0. The van der Waals surface area contributed by atoms with Crippen molar-refractivity contribution in [3.63, 3.8) is 0 Å². The number of nitrogens with one attached hydrogen (secondary N) is 3. The normalized spacial score (nSPS) is 10.5. The monoisotopic (exact) mass is 248 g/mol. The predicted molar refractivity (Wildman–Crippen MR) is 68.9 cm³/mol. The number of benzene rings is 1. The van der Waals surface area contributed by atoms with Gasteiger partial charge in [-0.05, 0) is 25.0 Å². The Morgan fingerprint density at radius 2 is 2.28 bits per heavy atom. The van der Waals surface area contributed by atoms with Gasteiger partial charge in [0.2, 0.25) is 0 Å². The summed E-state index contributed by atoms with van der Waals surface area (Å²) in [6.07, 6.45) is 1.49. The zero-order valence-corrected chi connectivity index (χ0v) is 10.2. The molecule has 2 aromatic rings. The van der Waals surface area contributed by atoms with Gasteiger partial charge in [-0.25, -0.2) is 9.89 Å². The van der Waals surface area contributed by atoms with Gasteiger partial charge in [-0.2, -0.15) is 5.10 Å². The van der Waals surface area contributed by atoms with E-state index >= 15 is 0 Å². The number of rotatable bonds is 5. The Bertz CT molecular complexity index is 573. The van der Waals surface area contributed by atoms with Gasteiger partial charge in [-0.3, -0.25) is 4.98 Å². The number of aryl methyl sites for hydroxylation is 2. The lowest BCUT2D eigenvalue weighted by Gasteiger charge is -2.09. The summed E-state index contributed by atoms with van der Waals surface area (Å²) in [6, 6.07) is 5.58. The van der Waals surface area contributed by atoms with Crippen molar-refractivity contribution in [1.82, 2.24) is 15.2 Å². The Hall–Kier alpha value is -2.24. The molecule has 1 aromatic carbocycles. The van der Waals surface area contributed by atoms with Crippen molar-refractivity contribution in [2.45, 2.75) is 19.8 Å². The lowest BCUT2D eigenvalue weighted by Crippen LogP contribution is -2.05. The summed E-state index contributed by atoms with van der Waals surface area (Å²) >= 11 is 0. The molecule has 0 aliphatic rings. The minimum atomic E-state index is -0.283. The molecule has 4 N–H and O–H groups in total. The van der Waals surface area contributed by atoms with E-state index in [1.807, 2.05) is 25.1 Å². The maximum absolute atomic E-state index is 10.8. The standard InChI is InChI=1S/C12H16N4O2/c1-8-4-2-5-9(11(8)17)13-7-3-6-10-14-12(18)16-15-10/h2,4-5,13,17H,3,6-7H2,1H3,(H2,14,15,16,18). The summed E-state index contributed by atoms with van der Waals surface area (Å²) in [6.45, 7) is 2.56. The first kappa shape index (κ1) is 12.2. The quantitative estimate of drug-likeness (QED) is 0.472. The third kappa shape index (κ3) is 2.91. The van der Waals surface area contributed by atoms with Crippen molar-refractivity contribution in [3.05, 3.63) is 40.1 Å². The van der Waals surface area contributed by atoms with Gasteiger partial charge in [0.25, 0.3) is 0 Å². The fraction of sp³-hybridized carbons (Fsp3) is 0.333. The number of aromatic nitrogens is 3. The van der Waals surface area contributed by atoms with Crippen molar-refractivity contribution in [2.75, 3.05) is 11.9 Å². The molecule has 0 spiro atoms. The summed E-state index contributed by atoms with van der Waals surface area (Å²) < 4.78 is 0. The molecule has 6 nitrogen and oxygen atoms in total. The summed E-state index contributed by atoms with van der Waals surface area (Å²) in [7, 11) is 0. The van der Waals surface area contributed by atoms with E-state index < -0.39 is 0 Å². The largest absolute Gasteiger partial charge is 0.506 e. The van der Waals surface area contributed by atoms with Gasteiger partial charge in [0, 0.05) is 13.0 Å². The van der Waals surface area contributed by atoms with E-state index in [2.05, 4.69) is 20.5 Å². The van der Waals surface area contributed by atoms with Crippen LogP contribution in [0.1, 0.15) is 17.8 Å². The number of aromatic hydroxyl groups is 1. The molecule has 18 heavy (non-hydrogen) atoms. The van der Waals surface area contributed by atoms with Gasteiger partial charge >= 0.3 is 5.69 Å². The number of para-hydroxylation sites is 1. The number of nitrogens with zero attached hydrogens (tertiary/aromatic N) is 1. The fourth-order valence-corrected chi connectivity index (χ4v) is 1.70. The first-order valence-electron chi connectivity index (χ1n) is 5.83. The first-order valence-corrected chi connectivity index (χ1v) is 5.83. The lowest BCUT2D eigenvalue weighted by atomic mass is 10.2. The van der Waals surface area contributed by atoms with Crippen LogP contribution in [0.3, 0.4) is 0 Å². The second-order valence-corrected chi connectivity index (χ2v) is 4.13. The molecule has 0 bridgehead atoms. The highest BCUT2D eigenvalue weighted by atomic mass is 16.3. The molecule has 0 saturated carbocycles. The van der Waals surface area contributed by atoms with Crippen LogP contribution in [0.5, 0.6) is 5.75 Å².